The van der Waals surface area contributed by atoms with Gasteiger partial charge in [-0.3, -0.25) is 4.99 Å². The van der Waals surface area contributed by atoms with Gasteiger partial charge in [-0.15, -0.1) is 12.2 Å². The molecular weight excluding hydrogens is 122 g/mol. The lowest BCUT2D eigenvalue weighted by Gasteiger charge is -1.91. The lowest BCUT2D eigenvalue weighted by atomic mass is 10.4. The lowest BCUT2D eigenvalue weighted by molar-refractivity contribution is -0.129. The van der Waals surface area contributed by atoms with Crippen LogP contribution in [0.1, 0.15) is 0 Å². The lowest BCUT2D eigenvalue weighted by Crippen LogP contribution is -2.08. The van der Waals surface area contributed by atoms with Gasteiger partial charge in [-0.25, -0.2) is 0 Å². The molecule has 0 fully saturated rings. The molecule has 0 aromatic heterocycles. The van der Waals surface area contributed by atoms with Crippen molar-refractivity contribution >= 4 is 17.6 Å². The molecule has 0 bridgehead atoms. The fraction of sp³-hybridized carbons (Fsp3) is 0. The van der Waals surface area contributed by atoms with Crippen LogP contribution in [-0.2, 0) is 9.59 Å². The number of aliphatic carboxylic acids is 1. The smallest absolute Gasteiger partial charge is 0.246 e. The van der Waals surface area contributed by atoms with E-state index in [0.29, 0.717) is 0 Å². The first-order valence-corrected chi connectivity index (χ1v) is 2.16. The molecule has 1 N–H and O–H groups in total. The van der Waals surface area contributed by atoms with E-state index < -0.39 is 11.9 Å². The Bertz CT molecular complexity index is 226. The van der Waals surface area contributed by atoms with E-state index in [1.807, 2.05) is 0 Å². The van der Waals surface area contributed by atoms with Crippen molar-refractivity contribution in [2.75, 3.05) is 0 Å². The molecule has 0 saturated carbocycles. The van der Waals surface area contributed by atoms with E-state index in [1.54, 1.807) is 0 Å². The number of rotatable bonds is 1. The van der Waals surface area contributed by atoms with Crippen molar-refractivity contribution in [1.29, 1.82) is 0 Å². The molecule has 1 heterocycles. The summed E-state index contributed by atoms with van der Waals surface area (Å²) in [5, 5.41) is 8.17. The third-order valence-corrected chi connectivity index (χ3v) is 0.757. The van der Waals surface area contributed by atoms with Gasteiger partial charge < -0.3 is 14.7 Å². The maximum absolute atomic E-state index is 10.2. The Labute approximate surface area is 50.5 Å². The topological polar surface area (TPSA) is 66.7 Å². The van der Waals surface area contributed by atoms with Gasteiger partial charge in [0.1, 0.15) is 0 Å². The predicted octanol–water partition coefficient (Wildman–Crippen LogP) is -0.588. The highest BCUT2D eigenvalue weighted by Crippen LogP contribution is 1.93. The Morgan fingerprint density at radius 3 is 2.67 bits per heavy atom. The molecule has 0 aromatic carbocycles. The van der Waals surface area contributed by atoms with Crippen molar-refractivity contribution < 1.29 is 14.7 Å². The summed E-state index contributed by atoms with van der Waals surface area (Å²) in [4.78, 5) is 23.3. The van der Waals surface area contributed by atoms with Crippen LogP contribution in [0.5, 0.6) is 0 Å². The maximum Gasteiger partial charge on any atom is 0.246 e. The number of hydrogen-bond donors (Lipinski definition) is 1. The molecule has 0 unspecified atom stereocenters. The maximum atomic E-state index is 10.2. The van der Waals surface area contributed by atoms with E-state index in [-0.39, 0.29) is 5.71 Å². The Balaban J connectivity index is 2.88. The summed E-state index contributed by atoms with van der Waals surface area (Å²) < 4.78 is 0. The van der Waals surface area contributed by atoms with Gasteiger partial charge in [0.25, 0.3) is 0 Å². The van der Waals surface area contributed by atoms with Crippen molar-refractivity contribution in [3.05, 3.63) is 12.2 Å². The van der Waals surface area contributed by atoms with E-state index in [9.17, 15) is 9.59 Å². The summed E-state index contributed by atoms with van der Waals surface area (Å²) in [7, 11) is 0. The quantitative estimate of drug-likeness (QED) is 0.475. The number of carboxylic acid groups (broad SMARTS) is 1. The number of carboxylic acids is 1. The van der Waals surface area contributed by atoms with Gasteiger partial charge in [-0.2, -0.15) is 0 Å². The van der Waals surface area contributed by atoms with Gasteiger partial charge >= 0.3 is 0 Å². The molecule has 46 valence electrons. The SMILES string of the molecule is O=C1C=[C-]C(C(=O)O)=N1. The number of nitrogens with zero attached hydrogens (tertiary/aromatic N) is 1. The zero-order chi connectivity index (χ0) is 6.85. The van der Waals surface area contributed by atoms with Gasteiger partial charge in [0.05, 0.1) is 0 Å². The van der Waals surface area contributed by atoms with Crippen LogP contribution in [0.4, 0.5) is 0 Å². The monoisotopic (exact) mass is 124 g/mol. The first-order chi connectivity index (χ1) is 4.20. The minimum Gasteiger partial charge on any atom is -0.533 e. The summed E-state index contributed by atoms with van der Waals surface area (Å²) in [6.45, 7) is 0. The molecular formula is C5H2NO3-. The van der Waals surface area contributed by atoms with Crippen molar-refractivity contribution in [3.63, 3.8) is 0 Å². The molecule has 1 rings (SSSR count). The minimum absolute atomic E-state index is 0.319. The van der Waals surface area contributed by atoms with Crippen molar-refractivity contribution in [2.24, 2.45) is 4.99 Å². The Hall–Kier alpha value is -1.45. The van der Waals surface area contributed by atoms with Crippen LogP contribution in [0.3, 0.4) is 0 Å². The average Bonchev–Trinajstić information content (AvgIpc) is 2.14. The molecule has 9 heavy (non-hydrogen) atoms. The van der Waals surface area contributed by atoms with E-state index in [1.165, 1.54) is 0 Å². The van der Waals surface area contributed by atoms with Crippen LogP contribution < -0.4 is 0 Å². The fourth-order valence-electron chi connectivity index (χ4n) is 0.414. The molecule has 1 aliphatic rings. The van der Waals surface area contributed by atoms with Gasteiger partial charge in [0.2, 0.25) is 5.97 Å². The molecule has 4 heteroatoms. The molecule has 4 nitrogen and oxygen atoms in total. The second-order valence-corrected chi connectivity index (χ2v) is 1.39. The van der Waals surface area contributed by atoms with Crippen LogP contribution in [0, 0.1) is 6.08 Å². The Morgan fingerprint density at radius 1 is 1.78 bits per heavy atom. The van der Waals surface area contributed by atoms with Crippen LogP contribution in [0.2, 0.25) is 0 Å². The first kappa shape index (κ1) is 5.68. The normalized spacial score (nSPS) is 16.0. The third kappa shape index (κ3) is 1.02. The molecule has 0 atom stereocenters. The molecule has 0 radical (unpaired) electrons. The number of carbonyl (C=O) groups is 2. The summed E-state index contributed by atoms with van der Waals surface area (Å²) in [6.07, 6.45) is 3.17. The van der Waals surface area contributed by atoms with E-state index in [0.717, 1.165) is 6.08 Å². The number of carbonyl (C=O) groups excluding carboxylic acids is 1. The minimum atomic E-state index is -1.22. The van der Waals surface area contributed by atoms with Gasteiger partial charge in [-0.05, 0) is 0 Å². The van der Waals surface area contributed by atoms with E-state index in [2.05, 4.69) is 11.1 Å². The van der Waals surface area contributed by atoms with Crippen LogP contribution in [0.15, 0.2) is 11.1 Å². The average molecular weight is 124 g/mol. The second-order valence-electron chi connectivity index (χ2n) is 1.39. The highest BCUT2D eigenvalue weighted by molar-refractivity contribution is 6.42. The molecule has 0 spiro atoms. The highest BCUT2D eigenvalue weighted by atomic mass is 16.4. The molecule has 1 aliphatic heterocycles. The van der Waals surface area contributed by atoms with Gasteiger partial charge in [0.15, 0.2) is 5.91 Å². The number of aliphatic imine (C=N–C) groups is 1. The Morgan fingerprint density at radius 2 is 2.44 bits per heavy atom. The Kier molecular flexibility index (Phi) is 1.14. The standard InChI is InChI=1S/C5H2NO3/c7-4-2-1-3(6-4)5(8)9/h2H,(H,8,9)/q-1. The first-order valence-electron chi connectivity index (χ1n) is 2.16. The second kappa shape index (κ2) is 1.81. The van der Waals surface area contributed by atoms with E-state index in [4.69, 9.17) is 5.11 Å². The molecule has 1 amide bonds. The van der Waals surface area contributed by atoms with Crippen molar-refractivity contribution in [3.8, 4) is 0 Å². The van der Waals surface area contributed by atoms with Gasteiger partial charge in [0, 0.05) is 5.71 Å². The number of amides is 1. The summed E-state index contributed by atoms with van der Waals surface area (Å²) in [6, 6.07) is 0. The highest BCUT2D eigenvalue weighted by Gasteiger charge is 2.00. The van der Waals surface area contributed by atoms with Crippen molar-refractivity contribution in [1.82, 2.24) is 0 Å². The molecule has 0 saturated heterocycles. The predicted molar refractivity (Wildman–Crippen MR) is 27.9 cm³/mol. The number of hydrogen-bond acceptors (Lipinski definition) is 2. The van der Waals surface area contributed by atoms with Gasteiger partial charge in [-0.1, -0.05) is 0 Å². The zero-order valence-corrected chi connectivity index (χ0v) is 4.29. The third-order valence-electron chi connectivity index (χ3n) is 0.757. The molecule has 0 aliphatic carbocycles. The summed E-state index contributed by atoms with van der Waals surface area (Å²) in [5.74, 6) is -1.79. The fourth-order valence-corrected chi connectivity index (χ4v) is 0.414. The zero-order valence-electron chi connectivity index (χ0n) is 4.29. The van der Waals surface area contributed by atoms with Crippen LogP contribution >= 0.6 is 0 Å². The van der Waals surface area contributed by atoms with Crippen LogP contribution in [0.25, 0.3) is 0 Å². The summed E-state index contributed by atoms with van der Waals surface area (Å²) in [5.41, 5.74) is -0.319. The van der Waals surface area contributed by atoms with Crippen molar-refractivity contribution in [2.45, 2.75) is 0 Å². The summed E-state index contributed by atoms with van der Waals surface area (Å²) >= 11 is 0. The molecule has 0 aromatic rings. The van der Waals surface area contributed by atoms with E-state index >= 15 is 0 Å². The largest absolute Gasteiger partial charge is 0.533 e. The van der Waals surface area contributed by atoms with Crippen LogP contribution in [-0.4, -0.2) is 22.7 Å².